The zero-order valence-electron chi connectivity index (χ0n) is 14.0. The van der Waals surface area contributed by atoms with E-state index in [2.05, 4.69) is 5.32 Å². The molecular formula is C18H21ClF2N2O2. The van der Waals surface area contributed by atoms with Gasteiger partial charge in [0.25, 0.3) is 5.91 Å². The van der Waals surface area contributed by atoms with Crippen molar-refractivity contribution >= 4 is 18.3 Å². The topological polar surface area (TPSA) is 64.3 Å². The van der Waals surface area contributed by atoms with Crippen molar-refractivity contribution in [1.29, 1.82) is 0 Å². The molecule has 7 heteroatoms. The SMILES string of the molecule is COc1ccc(-c2ccc(C(=O)NCCC(C)N)c(F)c2)c(F)c1.Cl. The van der Waals surface area contributed by atoms with Crippen molar-refractivity contribution < 1.29 is 18.3 Å². The van der Waals surface area contributed by atoms with Gasteiger partial charge in [0, 0.05) is 24.2 Å². The zero-order chi connectivity index (χ0) is 17.7. The minimum atomic E-state index is -0.707. The number of amides is 1. The Morgan fingerprint density at radius 2 is 1.92 bits per heavy atom. The van der Waals surface area contributed by atoms with Crippen molar-refractivity contribution in [2.24, 2.45) is 5.73 Å². The smallest absolute Gasteiger partial charge is 0.254 e. The Morgan fingerprint density at radius 1 is 1.20 bits per heavy atom. The third kappa shape index (κ3) is 5.41. The lowest BCUT2D eigenvalue weighted by Gasteiger charge is -2.10. The number of benzene rings is 2. The average molecular weight is 371 g/mol. The van der Waals surface area contributed by atoms with Crippen LogP contribution in [-0.4, -0.2) is 25.6 Å². The lowest BCUT2D eigenvalue weighted by atomic mass is 10.0. The third-order valence-corrected chi connectivity index (χ3v) is 3.59. The summed E-state index contributed by atoms with van der Waals surface area (Å²) >= 11 is 0. The highest BCUT2D eigenvalue weighted by atomic mass is 35.5. The number of nitrogens with one attached hydrogen (secondary N) is 1. The molecule has 0 aromatic heterocycles. The van der Waals surface area contributed by atoms with Gasteiger partial charge in [-0.25, -0.2) is 8.78 Å². The normalized spacial score (nSPS) is 11.4. The maximum atomic E-state index is 14.2. The van der Waals surface area contributed by atoms with E-state index in [1.165, 1.54) is 31.4 Å². The molecule has 2 aromatic rings. The Hall–Kier alpha value is -2.18. The summed E-state index contributed by atoms with van der Waals surface area (Å²) in [5.41, 5.74) is 6.09. The fourth-order valence-corrected chi connectivity index (χ4v) is 2.23. The Balaban J connectivity index is 0.00000312. The summed E-state index contributed by atoms with van der Waals surface area (Å²) < 4.78 is 33.2. The first-order valence-electron chi connectivity index (χ1n) is 7.59. The van der Waals surface area contributed by atoms with E-state index in [1.54, 1.807) is 6.07 Å². The van der Waals surface area contributed by atoms with Crippen LogP contribution in [0, 0.1) is 11.6 Å². The van der Waals surface area contributed by atoms with E-state index in [0.29, 0.717) is 24.3 Å². The molecule has 25 heavy (non-hydrogen) atoms. The molecule has 4 nitrogen and oxygen atoms in total. The second-order valence-corrected chi connectivity index (χ2v) is 5.56. The van der Waals surface area contributed by atoms with E-state index in [-0.39, 0.29) is 29.6 Å². The first-order chi connectivity index (χ1) is 11.4. The molecule has 1 unspecified atom stereocenters. The fraction of sp³-hybridized carbons (Fsp3) is 0.278. The molecule has 136 valence electrons. The van der Waals surface area contributed by atoms with Gasteiger partial charge in [-0.15, -0.1) is 12.4 Å². The van der Waals surface area contributed by atoms with E-state index >= 15 is 0 Å². The molecule has 1 atom stereocenters. The van der Waals surface area contributed by atoms with Crippen LogP contribution in [-0.2, 0) is 0 Å². The second-order valence-electron chi connectivity index (χ2n) is 5.56. The average Bonchev–Trinajstić information content (AvgIpc) is 2.54. The maximum Gasteiger partial charge on any atom is 0.254 e. The molecular weight excluding hydrogens is 350 g/mol. The number of carbonyl (C=O) groups is 1. The summed E-state index contributed by atoms with van der Waals surface area (Å²) in [5, 5.41) is 2.61. The van der Waals surface area contributed by atoms with Crippen molar-refractivity contribution in [3.05, 3.63) is 53.6 Å². The van der Waals surface area contributed by atoms with E-state index in [9.17, 15) is 13.6 Å². The van der Waals surface area contributed by atoms with Gasteiger partial charge in [0.15, 0.2) is 0 Å². The van der Waals surface area contributed by atoms with Crippen LogP contribution in [0.15, 0.2) is 36.4 Å². The number of carbonyl (C=O) groups excluding carboxylic acids is 1. The number of hydrogen-bond donors (Lipinski definition) is 2. The molecule has 3 N–H and O–H groups in total. The maximum absolute atomic E-state index is 14.2. The van der Waals surface area contributed by atoms with Gasteiger partial charge in [-0.2, -0.15) is 0 Å². The first-order valence-corrected chi connectivity index (χ1v) is 7.59. The minimum Gasteiger partial charge on any atom is -0.497 e. The van der Waals surface area contributed by atoms with Crippen molar-refractivity contribution in [2.45, 2.75) is 19.4 Å². The number of halogens is 3. The molecule has 1 amide bonds. The summed E-state index contributed by atoms with van der Waals surface area (Å²) in [4.78, 5) is 12.0. The van der Waals surface area contributed by atoms with Crippen LogP contribution in [0.1, 0.15) is 23.7 Å². The van der Waals surface area contributed by atoms with Gasteiger partial charge >= 0.3 is 0 Å². The molecule has 0 spiro atoms. The largest absolute Gasteiger partial charge is 0.497 e. The zero-order valence-corrected chi connectivity index (χ0v) is 14.8. The second kappa shape index (κ2) is 9.34. The predicted octanol–water partition coefficient (Wildman–Crippen LogP) is 3.53. The molecule has 0 aliphatic rings. The van der Waals surface area contributed by atoms with Crippen molar-refractivity contribution in [3.63, 3.8) is 0 Å². The molecule has 0 heterocycles. The van der Waals surface area contributed by atoms with Crippen LogP contribution < -0.4 is 15.8 Å². The Kier molecular flexibility index (Phi) is 7.80. The van der Waals surface area contributed by atoms with Crippen molar-refractivity contribution in [3.8, 4) is 16.9 Å². The number of hydrogen-bond acceptors (Lipinski definition) is 3. The Morgan fingerprint density at radius 3 is 2.48 bits per heavy atom. The number of rotatable bonds is 6. The van der Waals surface area contributed by atoms with Gasteiger partial charge in [0.2, 0.25) is 0 Å². The Labute approximate surface area is 151 Å². The standard InChI is InChI=1S/C18H20F2N2O2.ClH/c1-11(21)7-8-22-18(23)15-5-3-12(9-16(15)19)14-6-4-13(24-2)10-17(14)20;/h3-6,9-11H,7-8,21H2,1-2H3,(H,22,23);1H. The van der Waals surface area contributed by atoms with Crippen LogP contribution in [0.4, 0.5) is 8.78 Å². The van der Waals surface area contributed by atoms with Crippen LogP contribution >= 0.6 is 12.4 Å². The van der Waals surface area contributed by atoms with E-state index in [0.717, 1.165) is 6.07 Å². The fourth-order valence-electron chi connectivity index (χ4n) is 2.23. The summed E-state index contributed by atoms with van der Waals surface area (Å²) in [5.74, 6) is -1.37. The number of nitrogens with two attached hydrogens (primary N) is 1. The van der Waals surface area contributed by atoms with E-state index in [1.807, 2.05) is 6.92 Å². The summed E-state index contributed by atoms with van der Waals surface area (Å²) in [7, 11) is 1.44. The van der Waals surface area contributed by atoms with Crippen LogP contribution in [0.3, 0.4) is 0 Å². The molecule has 0 bridgehead atoms. The van der Waals surface area contributed by atoms with Gasteiger partial charge in [0.1, 0.15) is 17.4 Å². The summed E-state index contributed by atoms with van der Waals surface area (Å²) in [6, 6.07) is 8.27. The molecule has 0 saturated carbocycles. The Bertz CT molecular complexity index is 739. The molecule has 0 saturated heterocycles. The lowest BCUT2D eigenvalue weighted by Crippen LogP contribution is -2.29. The van der Waals surface area contributed by atoms with Gasteiger partial charge in [-0.1, -0.05) is 6.07 Å². The van der Waals surface area contributed by atoms with Gasteiger partial charge in [0.05, 0.1) is 12.7 Å². The molecule has 2 aromatic carbocycles. The first kappa shape index (κ1) is 20.9. The molecule has 2 rings (SSSR count). The molecule has 0 aliphatic heterocycles. The molecule has 0 radical (unpaired) electrons. The van der Waals surface area contributed by atoms with Gasteiger partial charge < -0.3 is 15.8 Å². The minimum absolute atomic E-state index is 0. The highest BCUT2D eigenvalue weighted by Gasteiger charge is 2.14. The monoisotopic (exact) mass is 370 g/mol. The predicted molar refractivity (Wildman–Crippen MR) is 96.2 cm³/mol. The number of ether oxygens (including phenoxy) is 1. The van der Waals surface area contributed by atoms with E-state index in [4.69, 9.17) is 10.5 Å². The highest BCUT2D eigenvalue weighted by Crippen LogP contribution is 2.27. The summed E-state index contributed by atoms with van der Waals surface area (Å²) in [6.45, 7) is 2.19. The van der Waals surface area contributed by atoms with E-state index < -0.39 is 17.5 Å². The molecule has 0 fully saturated rings. The van der Waals surface area contributed by atoms with Crippen molar-refractivity contribution in [2.75, 3.05) is 13.7 Å². The van der Waals surface area contributed by atoms with Crippen molar-refractivity contribution in [1.82, 2.24) is 5.32 Å². The van der Waals surface area contributed by atoms with Gasteiger partial charge in [-0.3, -0.25) is 4.79 Å². The third-order valence-electron chi connectivity index (χ3n) is 3.59. The van der Waals surface area contributed by atoms with Crippen LogP contribution in [0.25, 0.3) is 11.1 Å². The summed E-state index contributed by atoms with van der Waals surface area (Å²) in [6.07, 6.45) is 0.600. The number of methoxy groups -OCH3 is 1. The molecule has 0 aliphatic carbocycles. The van der Waals surface area contributed by atoms with Crippen LogP contribution in [0.2, 0.25) is 0 Å². The van der Waals surface area contributed by atoms with Crippen LogP contribution in [0.5, 0.6) is 5.75 Å². The quantitative estimate of drug-likeness (QED) is 0.817. The van der Waals surface area contributed by atoms with Gasteiger partial charge in [-0.05, 0) is 43.2 Å². The highest BCUT2D eigenvalue weighted by molar-refractivity contribution is 5.95. The lowest BCUT2D eigenvalue weighted by molar-refractivity contribution is 0.0949.